The number of nitrogens with zero attached hydrogens (tertiary/aromatic N) is 2. The SMILES string of the molecule is Cc1ccc(-c2nccc3ccccc23)cc1[N+](=O)[O-]. The topological polar surface area (TPSA) is 56.0 Å². The third-order valence-electron chi connectivity index (χ3n) is 3.35. The number of rotatable bonds is 2. The van der Waals surface area contributed by atoms with Gasteiger partial charge < -0.3 is 0 Å². The van der Waals surface area contributed by atoms with Gasteiger partial charge in [-0.2, -0.15) is 0 Å². The monoisotopic (exact) mass is 264 g/mol. The fraction of sp³-hybridized carbons (Fsp3) is 0.0625. The minimum absolute atomic E-state index is 0.122. The lowest BCUT2D eigenvalue weighted by molar-refractivity contribution is -0.385. The molecule has 0 atom stereocenters. The van der Waals surface area contributed by atoms with Crippen LogP contribution in [-0.2, 0) is 0 Å². The van der Waals surface area contributed by atoms with Crippen LogP contribution in [0.1, 0.15) is 5.56 Å². The molecule has 4 nitrogen and oxygen atoms in total. The Hall–Kier alpha value is -2.75. The molecule has 4 heteroatoms. The van der Waals surface area contributed by atoms with Gasteiger partial charge in [-0.25, -0.2) is 0 Å². The van der Waals surface area contributed by atoms with Gasteiger partial charge in [0.15, 0.2) is 0 Å². The number of nitro benzene ring substituents is 1. The van der Waals surface area contributed by atoms with Gasteiger partial charge in [0.25, 0.3) is 5.69 Å². The molecule has 2 aromatic carbocycles. The molecule has 0 unspecified atom stereocenters. The van der Waals surface area contributed by atoms with E-state index >= 15 is 0 Å². The summed E-state index contributed by atoms with van der Waals surface area (Å²) in [6.07, 6.45) is 1.73. The first-order valence-electron chi connectivity index (χ1n) is 6.26. The molecule has 1 aromatic heterocycles. The largest absolute Gasteiger partial charge is 0.272 e. The molecule has 0 aliphatic heterocycles. The van der Waals surface area contributed by atoms with E-state index in [9.17, 15) is 10.1 Å². The first-order chi connectivity index (χ1) is 9.66. The molecule has 20 heavy (non-hydrogen) atoms. The lowest BCUT2D eigenvalue weighted by Crippen LogP contribution is -1.93. The number of aryl methyl sites for hydroxylation is 1. The van der Waals surface area contributed by atoms with E-state index in [-0.39, 0.29) is 10.6 Å². The third-order valence-corrected chi connectivity index (χ3v) is 3.35. The van der Waals surface area contributed by atoms with Crippen LogP contribution in [0.25, 0.3) is 22.0 Å². The Labute approximate surface area is 115 Å². The summed E-state index contributed by atoms with van der Waals surface area (Å²) in [6.45, 7) is 1.73. The summed E-state index contributed by atoms with van der Waals surface area (Å²) in [4.78, 5) is 15.1. The van der Waals surface area contributed by atoms with Crippen LogP contribution in [0.3, 0.4) is 0 Å². The number of aromatic nitrogens is 1. The molecule has 1 heterocycles. The first-order valence-corrected chi connectivity index (χ1v) is 6.26. The summed E-state index contributed by atoms with van der Waals surface area (Å²) < 4.78 is 0. The van der Waals surface area contributed by atoms with Crippen LogP contribution < -0.4 is 0 Å². The van der Waals surface area contributed by atoms with Crippen molar-refractivity contribution < 1.29 is 4.92 Å². The zero-order valence-corrected chi connectivity index (χ0v) is 10.9. The highest BCUT2D eigenvalue weighted by atomic mass is 16.6. The van der Waals surface area contributed by atoms with E-state index < -0.39 is 0 Å². The van der Waals surface area contributed by atoms with Crippen LogP contribution >= 0.6 is 0 Å². The highest BCUT2D eigenvalue weighted by molar-refractivity contribution is 5.94. The first kappa shape index (κ1) is 12.3. The van der Waals surface area contributed by atoms with E-state index in [1.165, 1.54) is 0 Å². The standard InChI is InChI=1S/C16H12N2O2/c1-11-6-7-13(10-15(11)18(19)20)16-14-5-3-2-4-12(14)8-9-17-16/h2-10H,1H3. The molecule has 0 N–H and O–H groups in total. The van der Waals surface area contributed by atoms with Crippen LogP contribution in [0.5, 0.6) is 0 Å². The molecule has 0 aliphatic rings. The molecule has 0 bridgehead atoms. The van der Waals surface area contributed by atoms with Gasteiger partial charge in [-0.1, -0.05) is 36.4 Å². The van der Waals surface area contributed by atoms with E-state index in [0.717, 1.165) is 22.0 Å². The Kier molecular flexibility index (Phi) is 2.91. The normalized spacial score (nSPS) is 10.7. The number of benzene rings is 2. The predicted molar refractivity (Wildman–Crippen MR) is 78.6 cm³/mol. The summed E-state index contributed by atoms with van der Waals surface area (Å²) in [5.74, 6) is 0. The van der Waals surface area contributed by atoms with Gasteiger partial charge in [-0.15, -0.1) is 0 Å². The van der Waals surface area contributed by atoms with Crippen LogP contribution in [-0.4, -0.2) is 9.91 Å². The second-order valence-electron chi connectivity index (χ2n) is 4.64. The molecule has 3 rings (SSSR count). The second kappa shape index (κ2) is 4.74. The van der Waals surface area contributed by atoms with Gasteiger partial charge in [-0.3, -0.25) is 15.1 Å². The van der Waals surface area contributed by atoms with Crippen LogP contribution in [0, 0.1) is 17.0 Å². The second-order valence-corrected chi connectivity index (χ2v) is 4.64. The van der Waals surface area contributed by atoms with Crippen molar-refractivity contribution in [3.8, 4) is 11.3 Å². The molecular weight excluding hydrogens is 252 g/mol. The van der Waals surface area contributed by atoms with Gasteiger partial charge in [0.1, 0.15) is 0 Å². The minimum atomic E-state index is -0.357. The molecule has 0 saturated carbocycles. The Morgan fingerprint density at radius 1 is 1.10 bits per heavy atom. The summed E-state index contributed by atoms with van der Waals surface area (Å²) in [5, 5.41) is 13.1. The predicted octanol–water partition coefficient (Wildman–Crippen LogP) is 4.12. The number of hydrogen-bond acceptors (Lipinski definition) is 3. The van der Waals surface area contributed by atoms with Gasteiger partial charge in [0.05, 0.1) is 10.6 Å². The maximum atomic E-state index is 11.1. The maximum Gasteiger partial charge on any atom is 0.272 e. The Balaban J connectivity index is 2.26. The van der Waals surface area contributed by atoms with Gasteiger partial charge in [0.2, 0.25) is 0 Å². The third kappa shape index (κ3) is 2.01. The Bertz CT molecular complexity index is 807. The van der Waals surface area contributed by atoms with E-state index in [2.05, 4.69) is 4.98 Å². The average Bonchev–Trinajstić information content (AvgIpc) is 2.47. The number of fused-ring (bicyclic) bond motifs is 1. The van der Waals surface area contributed by atoms with E-state index in [1.54, 1.807) is 25.3 Å². The molecule has 0 saturated heterocycles. The highest BCUT2D eigenvalue weighted by Crippen LogP contribution is 2.30. The van der Waals surface area contributed by atoms with Crippen LogP contribution in [0.15, 0.2) is 54.7 Å². The Morgan fingerprint density at radius 2 is 1.90 bits per heavy atom. The van der Waals surface area contributed by atoms with Crippen molar-refractivity contribution in [2.24, 2.45) is 0 Å². The zero-order valence-electron chi connectivity index (χ0n) is 10.9. The molecule has 0 radical (unpaired) electrons. The number of hydrogen-bond donors (Lipinski definition) is 0. The molecule has 98 valence electrons. The Morgan fingerprint density at radius 3 is 2.70 bits per heavy atom. The fourth-order valence-corrected chi connectivity index (χ4v) is 2.30. The minimum Gasteiger partial charge on any atom is -0.258 e. The van der Waals surface area contributed by atoms with Gasteiger partial charge in [-0.05, 0) is 18.4 Å². The van der Waals surface area contributed by atoms with E-state index in [1.807, 2.05) is 36.4 Å². The number of pyridine rings is 1. The summed E-state index contributed by atoms with van der Waals surface area (Å²) in [6, 6.07) is 15.0. The van der Waals surface area contributed by atoms with Crippen molar-refractivity contribution in [2.75, 3.05) is 0 Å². The molecule has 0 fully saturated rings. The maximum absolute atomic E-state index is 11.1. The summed E-state index contributed by atoms with van der Waals surface area (Å²) in [5.41, 5.74) is 2.31. The summed E-state index contributed by atoms with van der Waals surface area (Å²) >= 11 is 0. The van der Waals surface area contributed by atoms with Crippen molar-refractivity contribution in [1.82, 2.24) is 4.98 Å². The van der Waals surface area contributed by atoms with Gasteiger partial charge in [0, 0.05) is 28.8 Å². The molecule has 3 aromatic rings. The molecule has 0 amide bonds. The van der Waals surface area contributed by atoms with Crippen molar-refractivity contribution in [2.45, 2.75) is 6.92 Å². The van der Waals surface area contributed by atoms with Crippen molar-refractivity contribution >= 4 is 16.5 Å². The van der Waals surface area contributed by atoms with Crippen molar-refractivity contribution in [3.05, 3.63) is 70.4 Å². The molecular formula is C16H12N2O2. The van der Waals surface area contributed by atoms with Crippen LogP contribution in [0.4, 0.5) is 5.69 Å². The summed E-state index contributed by atoms with van der Waals surface area (Å²) in [7, 11) is 0. The van der Waals surface area contributed by atoms with Crippen molar-refractivity contribution in [3.63, 3.8) is 0 Å². The molecule has 0 aliphatic carbocycles. The quantitative estimate of drug-likeness (QED) is 0.516. The molecule has 0 spiro atoms. The van der Waals surface area contributed by atoms with E-state index in [4.69, 9.17) is 0 Å². The van der Waals surface area contributed by atoms with Gasteiger partial charge >= 0.3 is 0 Å². The van der Waals surface area contributed by atoms with Crippen LogP contribution in [0.2, 0.25) is 0 Å². The zero-order chi connectivity index (χ0) is 14.1. The number of nitro groups is 1. The highest BCUT2D eigenvalue weighted by Gasteiger charge is 2.13. The lowest BCUT2D eigenvalue weighted by Gasteiger charge is -2.06. The average molecular weight is 264 g/mol. The fourth-order valence-electron chi connectivity index (χ4n) is 2.30. The smallest absolute Gasteiger partial charge is 0.258 e. The van der Waals surface area contributed by atoms with E-state index in [0.29, 0.717) is 5.56 Å². The van der Waals surface area contributed by atoms with Crippen molar-refractivity contribution in [1.29, 1.82) is 0 Å². The lowest BCUT2D eigenvalue weighted by atomic mass is 10.0.